The van der Waals surface area contributed by atoms with Crippen LogP contribution in [0.1, 0.15) is 39.0 Å². The van der Waals surface area contributed by atoms with E-state index in [-0.39, 0.29) is 23.2 Å². The van der Waals surface area contributed by atoms with E-state index in [9.17, 15) is 14.7 Å². The number of hydrogen-bond donors (Lipinski definition) is 1. The third-order valence-corrected chi connectivity index (χ3v) is 7.86. The van der Waals surface area contributed by atoms with Gasteiger partial charge >= 0.3 is 11.9 Å². The lowest BCUT2D eigenvalue weighted by molar-refractivity contribution is -0.159. The van der Waals surface area contributed by atoms with Crippen LogP contribution in [-0.2, 0) is 14.3 Å². The Kier molecular flexibility index (Phi) is 2.24. The molecule has 4 bridgehead atoms. The number of hydrogen-bond acceptors (Lipinski definition) is 3. The summed E-state index contributed by atoms with van der Waals surface area (Å²) in [5, 5.41) is 10.1. The first kappa shape index (κ1) is 13.8. The summed E-state index contributed by atoms with van der Waals surface area (Å²) in [7, 11) is 0. The smallest absolute Gasteiger partial charge is 0.316 e. The van der Waals surface area contributed by atoms with Gasteiger partial charge in [0.1, 0.15) is 5.60 Å². The first-order valence-corrected chi connectivity index (χ1v) is 8.67. The van der Waals surface area contributed by atoms with E-state index in [2.05, 4.69) is 12.7 Å². The molecule has 1 saturated heterocycles. The molecule has 0 aromatic carbocycles. The summed E-state index contributed by atoms with van der Waals surface area (Å²) in [6, 6.07) is 0. The SMILES string of the molecule is C=C1C[C@]23C[C@H]1CC[C@H]2[C@@]12CC=C[C@](C)(C(=O)O1)[C@H]2[C@@H]3C(=O)O. The van der Waals surface area contributed by atoms with Crippen LogP contribution in [0.2, 0.25) is 0 Å². The fourth-order valence-electron chi connectivity index (χ4n) is 7.24. The highest BCUT2D eigenvalue weighted by Gasteiger charge is 2.80. The van der Waals surface area contributed by atoms with Crippen molar-refractivity contribution in [2.45, 2.75) is 44.6 Å². The molecule has 0 unspecified atom stereocenters. The van der Waals surface area contributed by atoms with Crippen LogP contribution in [0.3, 0.4) is 0 Å². The minimum absolute atomic E-state index is 0.160. The first-order chi connectivity index (χ1) is 10.9. The van der Waals surface area contributed by atoms with Crippen LogP contribution in [0.5, 0.6) is 0 Å². The number of carboxylic acids is 1. The second-order valence-electron chi connectivity index (χ2n) is 8.63. The molecule has 122 valence electrons. The molecule has 1 N–H and O–H groups in total. The monoisotopic (exact) mass is 314 g/mol. The predicted octanol–water partition coefficient (Wildman–Crippen LogP) is 2.94. The van der Waals surface area contributed by atoms with Crippen LogP contribution in [0, 0.1) is 34.5 Å². The predicted molar refractivity (Wildman–Crippen MR) is 82.3 cm³/mol. The normalized spacial score (nSPS) is 55.5. The Balaban J connectivity index is 1.77. The molecular formula is C19H22O4. The third-order valence-electron chi connectivity index (χ3n) is 7.86. The van der Waals surface area contributed by atoms with Gasteiger partial charge in [0.2, 0.25) is 0 Å². The molecular weight excluding hydrogens is 292 g/mol. The van der Waals surface area contributed by atoms with Gasteiger partial charge in [0, 0.05) is 18.3 Å². The maximum absolute atomic E-state index is 12.6. The van der Waals surface area contributed by atoms with E-state index in [1.54, 1.807) is 0 Å². The molecule has 4 fully saturated rings. The Morgan fingerprint density at radius 3 is 2.96 bits per heavy atom. The summed E-state index contributed by atoms with van der Waals surface area (Å²) in [5.41, 5.74) is -0.426. The van der Waals surface area contributed by atoms with E-state index in [0.29, 0.717) is 12.3 Å². The molecule has 1 aliphatic heterocycles. The number of aliphatic carboxylic acids is 1. The minimum atomic E-state index is -0.785. The quantitative estimate of drug-likeness (QED) is 0.597. The fourth-order valence-corrected chi connectivity index (χ4v) is 7.24. The van der Waals surface area contributed by atoms with Gasteiger partial charge in [0.25, 0.3) is 0 Å². The summed E-state index contributed by atoms with van der Waals surface area (Å²) in [6.45, 7) is 6.12. The van der Waals surface area contributed by atoms with Gasteiger partial charge in [-0.1, -0.05) is 24.3 Å². The summed E-state index contributed by atoms with van der Waals surface area (Å²) < 4.78 is 6.04. The van der Waals surface area contributed by atoms with Crippen LogP contribution in [0.4, 0.5) is 0 Å². The number of allylic oxidation sites excluding steroid dienone is 1. The van der Waals surface area contributed by atoms with Gasteiger partial charge in [-0.15, -0.1) is 0 Å². The van der Waals surface area contributed by atoms with Gasteiger partial charge in [0.15, 0.2) is 0 Å². The van der Waals surface area contributed by atoms with Crippen molar-refractivity contribution < 1.29 is 19.4 Å². The topological polar surface area (TPSA) is 63.6 Å². The zero-order valence-corrected chi connectivity index (χ0v) is 13.4. The van der Waals surface area contributed by atoms with Gasteiger partial charge in [0.05, 0.1) is 11.3 Å². The first-order valence-electron chi connectivity index (χ1n) is 8.67. The van der Waals surface area contributed by atoms with Crippen molar-refractivity contribution in [3.8, 4) is 0 Å². The summed E-state index contributed by atoms with van der Waals surface area (Å²) in [5.74, 6) is -1.10. The fraction of sp³-hybridized carbons (Fsp3) is 0.684. The summed E-state index contributed by atoms with van der Waals surface area (Å²) in [4.78, 5) is 25.0. The van der Waals surface area contributed by atoms with Crippen LogP contribution in [0.15, 0.2) is 24.3 Å². The number of carbonyl (C=O) groups is 2. The lowest BCUT2D eigenvalue weighted by atomic mass is 9.62. The molecule has 4 aliphatic carbocycles. The van der Waals surface area contributed by atoms with E-state index >= 15 is 0 Å². The highest BCUT2D eigenvalue weighted by Crippen LogP contribution is 2.76. The second kappa shape index (κ2) is 3.73. The lowest BCUT2D eigenvalue weighted by Gasteiger charge is -2.43. The molecule has 0 aromatic heterocycles. The van der Waals surface area contributed by atoms with Crippen molar-refractivity contribution in [1.29, 1.82) is 0 Å². The van der Waals surface area contributed by atoms with Crippen molar-refractivity contribution in [1.82, 2.24) is 0 Å². The lowest BCUT2D eigenvalue weighted by Crippen LogP contribution is -2.45. The Bertz CT molecular complexity index is 693. The van der Waals surface area contributed by atoms with Crippen molar-refractivity contribution >= 4 is 11.9 Å². The number of ether oxygens (including phenoxy) is 1. The van der Waals surface area contributed by atoms with Gasteiger partial charge in [-0.3, -0.25) is 9.59 Å². The third kappa shape index (κ3) is 1.25. The molecule has 5 aliphatic rings. The highest BCUT2D eigenvalue weighted by molar-refractivity contribution is 5.86. The van der Waals surface area contributed by atoms with E-state index in [1.807, 2.05) is 13.0 Å². The van der Waals surface area contributed by atoms with E-state index < -0.39 is 22.9 Å². The second-order valence-corrected chi connectivity index (χ2v) is 8.63. The Labute approximate surface area is 135 Å². The maximum atomic E-state index is 12.6. The molecule has 4 nitrogen and oxygen atoms in total. The van der Waals surface area contributed by atoms with E-state index in [0.717, 1.165) is 25.7 Å². The molecule has 7 atom stereocenters. The molecule has 0 aromatic rings. The van der Waals surface area contributed by atoms with Crippen LogP contribution < -0.4 is 0 Å². The van der Waals surface area contributed by atoms with E-state index in [4.69, 9.17) is 4.74 Å². The molecule has 5 rings (SSSR count). The average Bonchev–Trinajstić information content (AvgIpc) is 2.92. The molecule has 0 amide bonds. The van der Waals surface area contributed by atoms with Gasteiger partial charge in [-0.05, 0) is 43.9 Å². The molecule has 3 saturated carbocycles. The highest BCUT2D eigenvalue weighted by atomic mass is 16.6. The molecule has 23 heavy (non-hydrogen) atoms. The maximum Gasteiger partial charge on any atom is 0.316 e. The van der Waals surface area contributed by atoms with Gasteiger partial charge < -0.3 is 9.84 Å². The van der Waals surface area contributed by atoms with Crippen LogP contribution in [0.25, 0.3) is 0 Å². The molecule has 1 heterocycles. The largest absolute Gasteiger partial charge is 0.481 e. The zero-order chi connectivity index (χ0) is 16.2. The Morgan fingerprint density at radius 2 is 2.22 bits per heavy atom. The number of esters is 1. The average molecular weight is 314 g/mol. The number of carbonyl (C=O) groups excluding carboxylic acids is 1. The zero-order valence-electron chi connectivity index (χ0n) is 13.4. The van der Waals surface area contributed by atoms with Gasteiger partial charge in [-0.2, -0.15) is 0 Å². The Hall–Kier alpha value is -1.58. The summed E-state index contributed by atoms with van der Waals surface area (Å²) >= 11 is 0. The van der Waals surface area contributed by atoms with Crippen LogP contribution in [-0.4, -0.2) is 22.6 Å². The van der Waals surface area contributed by atoms with Crippen LogP contribution >= 0.6 is 0 Å². The molecule has 1 spiro atoms. The number of carboxylic acid groups (broad SMARTS) is 1. The molecule has 0 radical (unpaired) electrons. The molecule has 4 heteroatoms. The van der Waals surface area contributed by atoms with E-state index in [1.165, 1.54) is 5.57 Å². The minimum Gasteiger partial charge on any atom is -0.481 e. The number of fused-ring (bicyclic) bond motifs is 1. The van der Waals surface area contributed by atoms with Crippen molar-refractivity contribution in [3.05, 3.63) is 24.3 Å². The standard InChI is InChI=1S/C19H22O4/c1-10-8-18-9-11(10)4-5-12(18)19-7-3-6-17(2,16(22)23-19)14(19)13(18)15(20)21/h3,6,11-14H,1,4-5,7-9H2,2H3,(H,20,21)/t11-,12-,13-,14-,17+,18+,19-/m1/s1. The summed E-state index contributed by atoms with van der Waals surface area (Å²) in [6.07, 6.45) is 8.37. The Morgan fingerprint density at radius 1 is 1.43 bits per heavy atom. The van der Waals surface area contributed by atoms with Gasteiger partial charge in [-0.25, -0.2) is 0 Å². The van der Waals surface area contributed by atoms with Crippen molar-refractivity contribution in [2.24, 2.45) is 34.5 Å². The number of rotatable bonds is 1. The van der Waals surface area contributed by atoms with Crippen molar-refractivity contribution in [3.63, 3.8) is 0 Å². The van der Waals surface area contributed by atoms with Crippen molar-refractivity contribution in [2.75, 3.05) is 0 Å².